The average Bonchev–Trinajstić information content (AvgIpc) is 2.60. The Kier molecular flexibility index (Phi) is 8.11. The average molecular weight is 341 g/mol. The summed E-state index contributed by atoms with van der Waals surface area (Å²) in [7, 11) is 0. The fraction of sp³-hybridized carbons (Fsp3) is 0.875. The van der Waals surface area contributed by atoms with Crippen molar-refractivity contribution in [3.63, 3.8) is 0 Å². The summed E-state index contributed by atoms with van der Waals surface area (Å²) in [5, 5.41) is 3.26. The highest BCUT2D eigenvalue weighted by molar-refractivity contribution is 5.78. The molecule has 0 aromatic carbocycles. The van der Waals surface area contributed by atoms with Gasteiger partial charge >= 0.3 is 6.09 Å². The predicted molar refractivity (Wildman–Crippen MR) is 93.1 cm³/mol. The summed E-state index contributed by atoms with van der Waals surface area (Å²) in [6, 6.07) is 0.277. The number of morpholine rings is 1. The quantitative estimate of drug-likeness (QED) is 0.408. The molecule has 0 saturated carbocycles. The number of nitrogens with zero attached hydrogens (tertiary/aromatic N) is 3. The number of guanidine groups is 1. The molecule has 2 aliphatic rings. The van der Waals surface area contributed by atoms with Gasteiger partial charge in [0.1, 0.15) is 0 Å². The molecule has 24 heavy (non-hydrogen) atoms. The van der Waals surface area contributed by atoms with Crippen molar-refractivity contribution in [3.05, 3.63) is 0 Å². The van der Waals surface area contributed by atoms with Gasteiger partial charge in [-0.3, -0.25) is 9.89 Å². The van der Waals surface area contributed by atoms with Gasteiger partial charge in [0, 0.05) is 45.3 Å². The van der Waals surface area contributed by atoms with E-state index in [0.29, 0.717) is 25.7 Å². The molecule has 138 valence electrons. The minimum absolute atomic E-state index is 0.222. The van der Waals surface area contributed by atoms with Crippen LogP contribution >= 0.6 is 0 Å². The van der Waals surface area contributed by atoms with Crippen molar-refractivity contribution < 1.29 is 14.3 Å². The van der Waals surface area contributed by atoms with Gasteiger partial charge in [-0.15, -0.1) is 0 Å². The molecule has 2 rings (SSSR count). The Bertz CT molecular complexity index is 405. The fourth-order valence-electron chi connectivity index (χ4n) is 2.99. The third kappa shape index (κ3) is 6.52. The second kappa shape index (κ2) is 10.4. The van der Waals surface area contributed by atoms with Gasteiger partial charge in [0.05, 0.1) is 19.8 Å². The maximum atomic E-state index is 11.7. The van der Waals surface area contributed by atoms with Crippen LogP contribution in [0.3, 0.4) is 0 Å². The summed E-state index contributed by atoms with van der Waals surface area (Å²) in [6.45, 7) is 9.09. The van der Waals surface area contributed by atoms with Crippen LogP contribution in [0.5, 0.6) is 0 Å². The zero-order valence-electron chi connectivity index (χ0n) is 14.7. The monoisotopic (exact) mass is 341 g/mol. The minimum Gasteiger partial charge on any atom is -0.450 e. The molecule has 2 heterocycles. The Morgan fingerprint density at radius 1 is 1.29 bits per heavy atom. The van der Waals surface area contributed by atoms with Crippen molar-refractivity contribution in [2.45, 2.75) is 32.2 Å². The first kappa shape index (κ1) is 18.8. The fourth-order valence-corrected chi connectivity index (χ4v) is 2.99. The number of carbonyl (C=O) groups excluding carboxylic acids is 1. The molecule has 1 amide bonds. The Labute approximate surface area is 144 Å². The number of amides is 1. The molecule has 8 nitrogen and oxygen atoms in total. The van der Waals surface area contributed by atoms with Crippen LogP contribution < -0.4 is 11.1 Å². The number of nitrogens with two attached hydrogens (primary N) is 1. The highest BCUT2D eigenvalue weighted by atomic mass is 16.6. The van der Waals surface area contributed by atoms with Gasteiger partial charge in [-0.25, -0.2) is 4.79 Å². The minimum atomic E-state index is -0.222. The van der Waals surface area contributed by atoms with E-state index in [1.165, 1.54) is 0 Å². The standard InChI is InChI=1S/C16H31N5O3/c1-2-24-16(22)21-8-4-14(5-9-21)19-15(17)18-6-3-7-20-10-12-23-13-11-20/h14H,2-13H2,1H3,(H3,17,18,19). The summed E-state index contributed by atoms with van der Waals surface area (Å²) in [6.07, 6.45) is 2.51. The zero-order chi connectivity index (χ0) is 17.2. The molecule has 0 aliphatic carbocycles. The number of carbonyl (C=O) groups is 1. The highest BCUT2D eigenvalue weighted by Gasteiger charge is 2.23. The first-order valence-electron chi connectivity index (χ1n) is 8.97. The van der Waals surface area contributed by atoms with E-state index in [-0.39, 0.29) is 12.1 Å². The van der Waals surface area contributed by atoms with E-state index in [2.05, 4.69) is 15.2 Å². The Hall–Kier alpha value is -1.54. The van der Waals surface area contributed by atoms with Gasteiger partial charge < -0.3 is 25.4 Å². The molecule has 0 atom stereocenters. The largest absolute Gasteiger partial charge is 0.450 e. The lowest BCUT2D eigenvalue weighted by molar-refractivity contribution is 0.0377. The molecule has 3 N–H and O–H groups in total. The van der Waals surface area contributed by atoms with E-state index in [4.69, 9.17) is 15.2 Å². The summed E-state index contributed by atoms with van der Waals surface area (Å²) in [5.74, 6) is 0.506. The van der Waals surface area contributed by atoms with E-state index in [9.17, 15) is 4.79 Å². The Balaban J connectivity index is 1.58. The predicted octanol–water partition coefficient (Wildman–Crippen LogP) is 0.234. The van der Waals surface area contributed by atoms with Gasteiger partial charge in [0.15, 0.2) is 5.96 Å². The normalized spacial score (nSPS) is 20.9. The second-order valence-corrected chi connectivity index (χ2v) is 6.18. The molecule has 2 aliphatic heterocycles. The van der Waals surface area contributed by atoms with E-state index in [1.807, 2.05) is 6.92 Å². The molecular weight excluding hydrogens is 310 g/mol. The van der Waals surface area contributed by atoms with Crippen LogP contribution in [0.1, 0.15) is 26.2 Å². The summed E-state index contributed by atoms with van der Waals surface area (Å²) >= 11 is 0. The summed E-state index contributed by atoms with van der Waals surface area (Å²) in [4.78, 5) is 20.2. The molecule has 2 fully saturated rings. The number of rotatable bonds is 6. The number of aliphatic imine (C=N–C) groups is 1. The van der Waals surface area contributed by atoms with Crippen LogP contribution in [0.25, 0.3) is 0 Å². The maximum absolute atomic E-state index is 11.7. The highest BCUT2D eigenvalue weighted by Crippen LogP contribution is 2.11. The molecule has 0 aromatic heterocycles. The topological polar surface area (TPSA) is 92.4 Å². The van der Waals surface area contributed by atoms with E-state index in [0.717, 1.165) is 58.7 Å². The van der Waals surface area contributed by atoms with E-state index in [1.54, 1.807) is 4.90 Å². The lowest BCUT2D eigenvalue weighted by Crippen LogP contribution is -2.48. The molecule has 2 saturated heterocycles. The number of likely N-dealkylation sites (tertiary alicyclic amines) is 1. The molecule has 0 unspecified atom stereocenters. The van der Waals surface area contributed by atoms with Crippen LogP contribution in [-0.4, -0.2) is 87.0 Å². The third-order valence-electron chi connectivity index (χ3n) is 4.39. The van der Waals surface area contributed by atoms with Crippen LogP contribution in [-0.2, 0) is 9.47 Å². The van der Waals surface area contributed by atoms with Gasteiger partial charge in [0.25, 0.3) is 0 Å². The van der Waals surface area contributed by atoms with Crippen molar-refractivity contribution in [2.75, 3.05) is 59.1 Å². The van der Waals surface area contributed by atoms with Crippen molar-refractivity contribution in [3.8, 4) is 0 Å². The number of piperidine rings is 1. The van der Waals surface area contributed by atoms with Gasteiger partial charge in [-0.2, -0.15) is 0 Å². The van der Waals surface area contributed by atoms with Crippen molar-refractivity contribution >= 4 is 12.1 Å². The Morgan fingerprint density at radius 2 is 2.00 bits per heavy atom. The smallest absolute Gasteiger partial charge is 0.409 e. The first-order valence-corrected chi connectivity index (χ1v) is 8.97. The van der Waals surface area contributed by atoms with Gasteiger partial charge in [0.2, 0.25) is 0 Å². The van der Waals surface area contributed by atoms with Crippen LogP contribution in [0, 0.1) is 0 Å². The Morgan fingerprint density at radius 3 is 2.67 bits per heavy atom. The number of hydrogen-bond acceptors (Lipinski definition) is 5. The second-order valence-electron chi connectivity index (χ2n) is 6.18. The van der Waals surface area contributed by atoms with E-state index < -0.39 is 0 Å². The number of ether oxygens (including phenoxy) is 2. The lowest BCUT2D eigenvalue weighted by Gasteiger charge is -2.31. The van der Waals surface area contributed by atoms with Gasteiger partial charge in [-0.1, -0.05) is 0 Å². The van der Waals surface area contributed by atoms with Crippen molar-refractivity contribution in [1.29, 1.82) is 0 Å². The molecule has 0 radical (unpaired) electrons. The molecular formula is C16H31N5O3. The maximum Gasteiger partial charge on any atom is 0.409 e. The zero-order valence-corrected chi connectivity index (χ0v) is 14.7. The van der Waals surface area contributed by atoms with E-state index >= 15 is 0 Å². The summed E-state index contributed by atoms with van der Waals surface area (Å²) < 4.78 is 10.4. The third-order valence-corrected chi connectivity index (χ3v) is 4.39. The van der Waals surface area contributed by atoms with Crippen molar-refractivity contribution in [2.24, 2.45) is 10.7 Å². The van der Waals surface area contributed by atoms with Gasteiger partial charge in [-0.05, 0) is 26.2 Å². The first-order chi connectivity index (χ1) is 11.7. The molecule has 0 aromatic rings. The number of nitrogens with one attached hydrogen (secondary N) is 1. The lowest BCUT2D eigenvalue weighted by atomic mass is 10.1. The summed E-state index contributed by atoms with van der Waals surface area (Å²) in [5.41, 5.74) is 5.97. The van der Waals surface area contributed by atoms with Crippen LogP contribution in [0.4, 0.5) is 4.79 Å². The SMILES string of the molecule is CCOC(=O)N1CCC(NC(N)=NCCCN2CCOCC2)CC1. The van der Waals surface area contributed by atoms with Crippen LogP contribution in [0.2, 0.25) is 0 Å². The van der Waals surface area contributed by atoms with Crippen molar-refractivity contribution in [1.82, 2.24) is 15.1 Å². The molecule has 8 heteroatoms. The molecule has 0 spiro atoms. The number of hydrogen-bond donors (Lipinski definition) is 2. The van der Waals surface area contributed by atoms with Crippen LogP contribution in [0.15, 0.2) is 4.99 Å². The molecule has 0 bridgehead atoms.